The molecule has 1 fully saturated rings. The maximum Gasteiger partial charge on any atom is 0.0809 e. The van der Waals surface area contributed by atoms with Crippen LogP contribution >= 0.6 is 0 Å². The molecule has 14 heavy (non-hydrogen) atoms. The maximum absolute atomic E-state index is 5.51. The second-order valence-electron chi connectivity index (χ2n) is 3.81. The van der Waals surface area contributed by atoms with Crippen molar-refractivity contribution in [1.29, 1.82) is 0 Å². The third-order valence-electron chi connectivity index (χ3n) is 2.46. The van der Waals surface area contributed by atoms with Crippen molar-refractivity contribution in [1.82, 2.24) is 5.32 Å². The van der Waals surface area contributed by atoms with Gasteiger partial charge in [-0.05, 0) is 25.8 Å². The summed E-state index contributed by atoms with van der Waals surface area (Å²) in [4.78, 5) is 0. The van der Waals surface area contributed by atoms with Crippen LogP contribution in [0.5, 0.6) is 0 Å². The number of nitrogens with one attached hydrogen (secondary N) is 1. The van der Waals surface area contributed by atoms with Crippen LogP contribution in [0.3, 0.4) is 0 Å². The summed E-state index contributed by atoms with van der Waals surface area (Å²) in [5.74, 6) is 0. The molecule has 1 N–H and O–H groups in total. The minimum absolute atomic E-state index is 0.366. The Morgan fingerprint density at radius 2 is 2.36 bits per heavy atom. The Morgan fingerprint density at radius 1 is 1.43 bits per heavy atom. The van der Waals surface area contributed by atoms with E-state index in [4.69, 9.17) is 9.47 Å². The van der Waals surface area contributed by atoms with E-state index in [1.165, 1.54) is 25.7 Å². The van der Waals surface area contributed by atoms with E-state index in [1.54, 1.807) is 0 Å². The molecular weight excluding hydrogens is 178 g/mol. The summed E-state index contributed by atoms with van der Waals surface area (Å²) >= 11 is 0. The van der Waals surface area contributed by atoms with E-state index < -0.39 is 0 Å². The molecule has 1 atom stereocenters. The number of unbranched alkanes of at least 4 members (excludes halogenated alkanes) is 1. The molecule has 0 bridgehead atoms. The fraction of sp³-hybridized carbons (Fsp3) is 1.00. The first-order valence-electron chi connectivity index (χ1n) is 5.83. The van der Waals surface area contributed by atoms with Crippen molar-refractivity contribution in [2.45, 2.75) is 38.7 Å². The van der Waals surface area contributed by atoms with Crippen molar-refractivity contribution in [3.8, 4) is 0 Å². The van der Waals surface area contributed by atoms with Crippen LogP contribution in [-0.4, -0.2) is 39.0 Å². The molecule has 0 aromatic heterocycles. The highest BCUT2D eigenvalue weighted by atomic mass is 16.5. The van der Waals surface area contributed by atoms with E-state index in [-0.39, 0.29) is 0 Å². The number of rotatable bonds is 8. The Hall–Kier alpha value is -0.120. The second kappa shape index (κ2) is 8.21. The summed E-state index contributed by atoms with van der Waals surface area (Å²) in [6, 6.07) is 0. The molecule has 1 aliphatic rings. The van der Waals surface area contributed by atoms with Crippen molar-refractivity contribution < 1.29 is 9.47 Å². The van der Waals surface area contributed by atoms with Gasteiger partial charge in [0.05, 0.1) is 19.3 Å². The standard InChI is InChI=1S/C11H23NO2/c1-2-3-6-12-7-9-13-10-11-5-4-8-14-11/h11-12H,2-10H2,1H3. The van der Waals surface area contributed by atoms with Crippen LogP contribution < -0.4 is 5.32 Å². The van der Waals surface area contributed by atoms with Crippen LogP contribution in [0.25, 0.3) is 0 Å². The van der Waals surface area contributed by atoms with Gasteiger partial charge in [0.2, 0.25) is 0 Å². The molecule has 0 amide bonds. The van der Waals surface area contributed by atoms with Gasteiger partial charge in [-0.3, -0.25) is 0 Å². The van der Waals surface area contributed by atoms with Gasteiger partial charge in [-0.1, -0.05) is 13.3 Å². The van der Waals surface area contributed by atoms with Gasteiger partial charge in [-0.25, -0.2) is 0 Å². The van der Waals surface area contributed by atoms with Gasteiger partial charge in [0.1, 0.15) is 0 Å². The average molecular weight is 201 g/mol. The highest BCUT2D eigenvalue weighted by Crippen LogP contribution is 2.11. The summed E-state index contributed by atoms with van der Waals surface area (Å²) in [6.45, 7) is 6.78. The molecule has 3 heteroatoms. The molecule has 0 saturated carbocycles. The summed E-state index contributed by atoms with van der Waals surface area (Å²) < 4.78 is 11.0. The highest BCUT2D eigenvalue weighted by Gasteiger charge is 2.14. The van der Waals surface area contributed by atoms with Gasteiger partial charge in [-0.2, -0.15) is 0 Å². The van der Waals surface area contributed by atoms with Gasteiger partial charge < -0.3 is 14.8 Å². The molecule has 0 spiro atoms. The van der Waals surface area contributed by atoms with Crippen molar-refractivity contribution >= 4 is 0 Å². The van der Waals surface area contributed by atoms with E-state index in [2.05, 4.69) is 12.2 Å². The normalized spacial score (nSPS) is 21.6. The van der Waals surface area contributed by atoms with Gasteiger partial charge in [0.25, 0.3) is 0 Å². The molecule has 1 rings (SSSR count). The SMILES string of the molecule is CCCCNCCOCC1CCCO1. The largest absolute Gasteiger partial charge is 0.377 e. The van der Waals surface area contributed by atoms with Crippen LogP contribution in [0, 0.1) is 0 Å². The predicted octanol–water partition coefficient (Wildman–Crippen LogP) is 1.57. The van der Waals surface area contributed by atoms with Gasteiger partial charge in [0.15, 0.2) is 0 Å². The van der Waals surface area contributed by atoms with E-state index in [0.717, 1.165) is 32.9 Å². The molecular formula is C11H23NO2. The average Bonchev–Trinajstić information content (AvgIpc) is 2.69. The Kier molecular flexibility index (Phi) is 7.01. The van der Waals surface area contributed by atoms with Crippen LogP contribution in [0.15, 0.2) is 0 Å². The van der Waals surface area contributed by atoms with Crippen LogP contribution in [0.1, 0.15) is 32.6 Å². The topological polar surface area (TPSA) is 30.5 Å². The summed E-state index contributed by atoms with van der Waals surface area (Å²) in [5, 5.41) is 3.35. The summed E-state index contributed by atoms with van der Waals surface area (Å²) in [7, 11) is 0. The lowest BCUT2D eigenvalue weighted by Crippen LogP contribution is -2.23. The fourth-order valence-corrected chi connectivity index (χ4v) is 1.56. The van der Waals surface area contributed by atoms with Crippen molar-refractivity contribution in [2.75, 3.05) is 32.9 Å². The minimum atomic E-state index is 0.366. The van der Waals surface area contributed by atoms with Crippen LogP contribution in [0.4, 0.5) is 0 Å². The van der Waals surface area contributed by atoms with E-state index >= 15 is 0 Å². The fourth-order valence-electron chi connectivity index (χ4n) is 1.56. The number of ether oxygens (including phenoxy) is 2. The zero-order valence-corrected chi connectivity index (χ0v) is 9.26. The Labute approximate surface area is 87.2 Å². The van der Waals surface area contributed by atoms with Crippen molar-refractivity contribution in [3.63, 3.8) is 0 Å². The molecule has 0 aromatic rings. The monoisotopic (exact) mass is 201 g/mol. The molecule has 0 aromatic carbocycles. The predicted molar refractivity (Wildman–Crippen MR) is 57.6 cm³/mol. The highest BCUT2D eigenvalue weighted by molar-refractivity contribution is 4.63. The number of hydrogen-bond acceptors (Lipinski definition) is 3. The lowest BCUT2D eigenvalue weighted by Gasteiger charge is -2.10. The molecule has 1 aliphatic heterocycles. The van der Waals surface area contributed by atoms with Crippen LogP contribution in [0.2, 0.25) is 0 Å². The zero-order chi connectivity index (χ0) is 10.1. The van der Waals surface area contributed by atoms with E-state index in [1.807, 2.05) is 0 Å². The zero-order valence-electron chi connectivity index (χ0n) is 9.26. The van der Waals surface area contributed by atoms with Crippen molar-refractivity contribution in [3.05, 3.63) is 0 Å². The van der Waals surface area contributed by atoms with E-state index in [0.29, 0.717) is 6.10 Å². The quantitative estimate of drug-likeness (QED) is 0.605. The molecule has 0 radical (unpaired) electrons. The molecule has 1 unspecified atom stereocenters. The van der Waals surface area contributed by atoms with Gasteiger partial charge in [0, 0.05) is 13.2 Å². The summed E-state index contributed by atoms with van der Waals surface area (Å²) in [5.41, 5.74) is 0. The van der Waals surface area contributed by atoms with E-state index in [9.17, 15) is 0 Å². The first-order valence-corrected chi connectivity index (χ1v) is 5.83. The second-order valence-corrected chi connectivity index (χ2v) is 3.81. The van der Waals surface area contributed by atoms with Gasteiger partial charge in [-0.15, -0.1) is 0 Å². The first-order chi connectivity index (χ1) is 6.93. The van der Waals surface area contributed by atoms with Crippen LogP contribution in [-0.2, 0) is 9.47 Å². The summed E-state index contributed by atoms with van der Waals surface area (Å²) in [6.07, 6.45) is 5.24. The maximum atomic E-state index is 5.51. The van der Waals surface area contributed by atoms with Gasteiger partial charge >= 0.3 is 0 Å². The third kappa shape index (κ3) is 5.58. The minimum Gasteiger partial charge on any atom is -0.377 e. The number of hydrogen-bond donors (Lipinski definition) is 1. The Morgan fingerprint density at radius 3 is 3.07 bits per heavy atom. The lowest BCUT2D eigenvalue weighted by atomic mass is 10.2. The molecule has 0 aliphatic carbocycles. The Bertz CT molecular complexity index is 124. The van der Waals surface area contributed by atoms with Crippen molar-refractivity contribution in [2.24, 2.45) is 0 Å². The molecule has 3 nitrogen and oxygen atoms in total. The molecule has 84 valence electrons. The molecule has 1 heterocycles. The lowest BCUT2D eigenvalue weighted by molar-refractivity contribution is 0.0183. The first kappa shape index (κ1) is 12.0. The smallest absolute Gasteiger partial charge is 0.0809 e. The third-order valence-corrected chi connectivity index (χ3v) is 2.46. The molecule has 1 saturated heterocycles. The Balaban J connectivity index is 1.75.